The number of nitrogens with one attached hydrogen (secondary N) is 1. The molecule has 118 valence electrons. The van der Waals surface area contributed by atoms with Crippen LogP contribution in [0.4, 0.5) is 0 Å². The van der Waals surface area contributed by atoms with Gasteiger partial charge in [0.25, 0.3) is 0 Å². The van der Waals surface area contributed by atoms with E-state index in [9.17, 15) is 0 Å². The van der Waals surface area contributed by atoms with Crippen molar-refractivity contribution in [3.05, 3.63) is 0 Å². The predicted octanol–water partition coefficient (Wildman–Crippen LogP) is 3.05. The Morgan fingerprint density at radius 1 is 1.15 bits per heavy atom. The van der Waals surface area contributed by atoms with E-state index in [0.29, 0.717) is 11.5 Å². The zero-order valence-corrected chi connectivity index (χ0v) is 13.6. The van der Waals surface area contributed by atoms with E-state index in [2.05, 4.69) is 24.2 Å². The van der Waals surface area contributed by atoms with Crippen LogP contribution in [0, 0.1) is 5.41 Å². The Hall–Kier alpha value is -0.120. The summed E-state index contributed by atoms with van der Waals surface area (Å²) in [5, 5.41) is 3.63. The fourth-order valence-corrected chi connectivity index (χ4v) is 4.03. The number of rotatable bonds is 7. The Morgan fingerprint density at radius 2 is 1.90 bits per heavy atom. The van der Waals surface area contributed by atoms with Crippen molar-refractivity contribution in [2.75, 3.05) is 39.8 Å². The van der Waals surface area contributed by atoms with Crippen LogP contribution in [0.3, 0.4) is 0 Å². The first kappa shape index (κ1) is 16.3. The lowest BCUT2D eigenvalue weighted by molar-refractivity contribution is 0.0604. The minimum atomic E-state index is 0.488. The Balaban J connectivity index is 1.87. The first-order valence-corrected chi connectivity index (χ1v) is 8.75. The molecule has 0 aromatic heterocycles. The van der Waals surface area contributed by atoms with Gasteiger partial charge in [-0.3, -0.25) is 0 Å². The molecule has 0 radical (unpaired) electrons. The molecule has 20 heavy (non-hydrogen) atoms. The molecule has 3 heteroatoms. The van der Waals surface area contributed by atoms with Crippen LogP contribution in [0.15, 0.2) is 0 Å². The molecule has 0 spiro atoms. The van der Waals surface area contributed by atoms with E-state index < -0.39 is 0 Å². The van der Waals surface area contributed by atoms with Crippen molar-refractivity contribution < 1.29 is 4.74 Å². The van der Waals surface area contributed by atoms with Crippen LogP contribution in [0.1, 0.15) is 58.3 Å². The van der Waals surface area contributed by atoms with Crippen LogP contribution in [-0.4, -0.2) is 50.8 Å². The average Bonchev–Trinajstić information content (AvgIpc) is 2.82. The van der Waals surface area contributed by atoms with Gasteiger partial charge in [0, 0.05) is 26.2 Å². The van der Waals surface area contributed by atoms with Crippen molar-refractivity contribution in [3.8, 4) is 0 Å². The third-order valence-electron chi connectivity index (χ3n) is 5.06. The highest BCUT2D eigenvalue weighted by Gasteiger charge is 2.32. The number of hydrogen-bond donors (Lipinski definition) is 1. The van der Waals surface area contributed by atoms with Crippen LogP contribution >= 0.6 is 0 Å². The van der Waals surface area contributed by atoms with Crippen molar-refractivity contribution in [3.63, 3.8) is 0 Å². The van der Waals surface area contributed by atoms with Gasteiger partial charge in [0.15, 0.2) is 0 Å². The third kappa shape index (κ3) is 5.01. The average molecular weight is 282 g/mol. The molecule has 1 N–H and O–H groups in total. The van der Waals surface area contributed by atoms with Gasteiger partial charge in [-0.2, -0.15) is 0 Å². The van der Waals surface area contributed by atoms with Gasteiger partial charge in [-0.15, -0.1) is 0 Å². The highest BCUT2D eigenvalue weighted by molar-refractivity contribution is 4.87. The van der Waals surface area contributed by atoms with E-state index in [1.807, 2.05) is 0 Å². The molecule has 1 heterocycles. The number of ether oxygens (including phenoxy) is 1. The fraction of sp³-hybridized carbons (Fsp3) is 1.00. The van der Waals surface area contributed by atoms with Gasteiger partial charge in [-0.1, -0.05) is 32.6 Å². The second-order valence-electron chi connectivity index (χ2n) is 7.03. The van der Waals surface area contributed by atoms with E-state index in [0.717, 1.165) is 19.7 Å². The van der Waals surface area contributed by atoms with E-state index in [1.165, 1.54) is 64.5 Å². The first-order chi connectivity index (χ1) is 9.74. The van der Waals surface area contributed by atoms with Crippen LogP contribution in [-0.2, 0) is 4.74 Å². The number of hydrogen-bond acceptors (Lipinski definition) is 3. The smallest absolute Gasteiger partial charge is 0.0702 e. The van der Waals surface area contributed by atoms with Crippen molar-refractivity contribution >= 4 is 0 Å². The molecule has 2 aliphatic rings. The van der Waals surface area contributed by atoms with Gasteiger partial charge in [0.1, 0.15) is 0 Å². The van der Waals surface area contributed by atoms with E-state index in [-0.39, 0.29) is 0 Å². The summed E-state index contributed by atoms with van der Waals surface area (Å²) in [5.41, 5.74) is 0.500. The normalized spacial score (nSPS) is 26.9. The van der Waals surface area contributed by atoms with Gasteiger partial charge in [0.2, 0.25) is 0 Å². The summed E-state index contributed by atoms with van der Waals surface area (Å²) < 4.78 is 5.79. The summed E-state index contributed by atoms with van der Waals surface area (Å²) in [6.07, 6.45) is 11.5. The quantitative estimate of drug-likeness (QED) is 0.726. The molecule has 3 nitrogen and oxygen atoms in total. The van der Waals surface area contributed by atoms with E-state index >= 15 is 0 Å². The van der Waals surface area contributed by atoms with Gasteiger partial charge >= 0.3 is 0 Å². The molecule has 1 aliphatic carbocycles. The molecule has 1 atom stereocenters. The lowest BCUT2D eigenvalue weighted by Gasteiger charge is -2.37. The SMILES string of the molecule is CCNCC1(CN(C)CC2CCCO2)CCCCCC1. The summed E-state index contributed by atoms with van der Waals surface area (Å²) >= 11 is 0. The highest BCUT2D eigenvalue weighted by atomic mass is 16.5. The molecule has 2 rings (SSSR count). The Kier molecular flexibility index (Phi) is 6.79. The minimum absolute atomic E-state index is 0.488. The maximum atomic E-state index is 5.79. The third-order valence-corrected chi connectivity index (χ3v) is 5.06. The highest BCUT2D eigenvalue weighted by Crippen LogP contribution is 2.35. The molecule has 1 aliphatic heterocycles. The second kappa shape index (κ2) is 8.35. The number of nitrogens with zero attached hydrogens (tertiary/aromatic N) is 1. The molecule has 1 saturated carbocycles. The second-order valence-corrected chi connectivity index (χ2v) is 7.03. The maximum Gasteiger partial charge on any atom is 0.0702 e. The lowest BCUT2D eigenvalue weighted by Crippen LogP contribution is -2.44. The Morgan fingerprint density at radius 3 is 2.50 bits per heavy atom. The standard InChI is InChI=1S/C17H34N2O/c1-3-18-14-17(10-6-4-5-7-11-17)15-19(2)13-16-9-8-12-20-16/h16,18H,3-15H2,1-2H3. The zero-order chi connectivity index (χ0) is 14.3. The van der Waals surface area contributed by atoms with Crippen molar-refractivity contribution in [1.82, 2.24) is 10.2 Å². The molecular weight excluding hydrogens is 248 g/mol. The van der Waals surface area contributed by atoms with Gasteiger partial charge in [-0.05, 0) is 44.7 Å². The van der Waals surface area contributed by atoms with Crippen molar-refractivity contribution in [1.29, 1.82) is 0 Å². The molecule has 1 saturated heterocycles. The summed E-state index contributed by atoms with van der Waals surface area (Å²) in [6.45, 7) is 7.84. The van der Waals surface area contributed by atoms with Gasteiger partial charge < -0.3 is 15.0 Å². The monoisotopic (exact) mass is 282 g/mol. The van der Waals surface area contributed by atoms with Crippen LogP contribution in [0.2, 0.25) is 0 Å². The summed E-state index contributed by atoms with van der Waals surface area (Å²) in [6, 6.07) is 0. The Labute approximate surface area is 125 Å². The zero-order valence-electron chi connectivity index (χ0n) is 13.6. The topological polar surface area (TPSA) is 24.5 Å². The minimum Gasteiger partial charge on any atom is -0.377 e. The maximum absolute atomic E-state index is 5.79. The molecule has 0 aromatic carbocycles. The molecular formula is C17H34N2O. The largest absolute Gasteiger partial charge is 0.377 e. The molecule has 1 unspecified atom stereocenters. The summed E-state index contributed by atoms with van der Waals surface area (Å²) in [4.78, 5) is 2.54. The lowest BCUT2D eigenvalue weighted by atomic mass is 9.79. The van der Waals surface area contributed by atoms with Gasteiger partial charge in [-0.25, -0.2) is 0 Å². The summed E-state index contributed by atoms with van der Waals surface area (Å²) in [5.74, 6) is 0. The summed E-state index contributed by atoms with van der Waals surface area (Å²) in [7, 11) is 2.29. The van der Waals surface area contributed by atoms with E-state index in [1.54, 1.807) is 0 Å². The predicted molar refractivity (Wildman–Crippen MR) is 85.1 cm³/mol. The Bertz CT molecular complexity index is 256. The molecule has 0 aromatic rings. The van der Waals surface area contributed by atoms with Crippen LogP contribution in [0.5, 0.6) is 0 Å². The molecule has 0 amide bonds. The molecule has 0 bridgehead atoms. The molecule has 2 fully saturated rings. The van der Waals surface area contributed by atoms with Gasteiger partial charge in [0.05, 0.1) is 6.10 Å². The first-order valence-electron chi connectivity index (χ1n) is 8.75. The van der Waals surface area contributed by atoms with E-state index in [4.69, 9.17) is 4.74 Å². The van der Waals surface area contributed by atoms with Crippen molar-refractivity contribution in [2.45, 2.75) is 64.4 Å². The van der Waals surface area contributed by atoms with Crippen molar-refractivity contribution in [2.24, 2.45) is 5.41 Å². The fourth-order valence-electron chi connectivity index (χ4n) is 4.03. The van der Waals surface area contributed by atoms with Crippen LogP contribution in [0.25, 0.3) is 0 Å². The number of likely N-dealkylation sites (N-methyl/N-ethyl adjacent to an activating group) is 1. The van der Waals surface area contributed by atoms with Crippen LogP contribution < -0.4 is 5.32 Å².